The molecule has 11 heavy (non-hydrogen) atoms. The monoisotopic (exact) mass is 170 g/mol. The molecule has 0 amide bonds. The van der Waals surface area contributed by atoms with Crippen molar-refractivity contribution in [2.75, 3.05) is 0 Å². The minimum absolute atomic E-state index is 0.376. The summed E-state index contributed by atoms with van der Waals surface area (Å²) in [5.41, 5.74) is 2.80. The molecule has 0 saturated heterocycles. The first-order valence-corrected chi connectivity index (χ1v) is 4.65. The van der Waals surface area contributed by atoms with Gasteiger partial charge in [-0.2, -0.15) is 12.6 Å². The standard InChI is InChI=1S/C10H18S/c1-5-7-10(6-2)8(3)9(4)11/h5,7,9,11H,6H2,1-4H3/b7-5-,10-8+. The number of allylic oxidation sites excluding steroid dienone is 3. The Morgan fingerprint density at radius 3 is 2.36 bits per heavy atom. The zero-order valence-electron chi connectivity index (χ0n) is 7.89. The van der Waals surface area contributed by atoms with E-state index in [1.54, 1.807) is 0 Å². The SMILES string of the molecule is C/C=C\C(CC)=C(/C)C(C)S. The van der Waals surface area contributed by atoms with Crippen LogP contribution in [-0.2, 0) is 0 Å². The van der Waals surface area contributed by atoms with E-state index in [2.05, 4.69) is 45.6 Å². The summed E-state index contributed by atoms with van der Waals surface area (Å²) in [5, 5.41) is 0.376. The van der Waals surface area contributed by atoms with E-state index in [1.807, 2.05) is 6.92 Å². The lowest BCUT2D eigenvalue weighted by atomic mass is 10.0. The molecule has 1 unspecified atom stereocenters. The number of hydrogen-bond donors (Lipinski definition) is 1. The summed E-state index contributed by atoms with van der Waals surface area (Å²) in [6.45, 7) is 8.48. The van der Waals surface area contributed by atoms with Gasteiger partial charge in [-0.15, -0.1) is 0 Å². The second kappa shape index (κ2) is 5.48. The van der Waals surface area contributed by atoms with E-state index in [1.165, 1.54) is 11.1 Å². The van der Waals surface area contributed by atoms with Gasteiger partial charge >= 0.3 is 0 Å². The maximum absolute atomic E-state index is 4.39. The molecule has 1 heteroatoms. The zero-order chi connectivity index (χ0) is 8.85. The first-order valence-electron chi connectivity index (χ1n) is 4.13. The molecule has 0 aliphatic carbocycles. The highest BCUT2D eigenvalue weighted by Gasteiger charge is 2.01. The molecule has 0 aromatic heterocycles. The second-order valence-corrected chi connectivity index (χ2v) is 3.51. The van der Waals surface area contributed by atoms with Gasteiger partial charge in [0.15, 0.2) is 0 Å². The van der Waals surface area contributed by atoms with E-state index in [9.17, 15) is 0 Å². The molecule has 0 aliphatic rings. The van der Waals surface area contributed by atoms with E-state index in [0.717, 1.165) is 6.42 Å². The minimum Gasteiger partial charge on any atom is -0.172 e. The second-order valence-electron chi connectivity index (χ2n) is 2.74. The Morgan fingerprint density at radius 1 is 1.55 bits per heavy atom. The Bertz CT molecular complexity index is 164. The number of hydrogen-bond acceptors (Lipinski definition) is 1. The predicted molar refractivity (Wildman–Crippen MR) is 56.3 cm³/mol. The van der Waals surface area contributed by atoms with E-state index >= 15 is 0 Å². The Balaban J connectivity index is 4.53. The summed E-state index contributed by atoms with van der Waals surface area (Å²) in [5.74, 6) is 0. The first kappa shape index (κ1) is 10.8. The Kier molecular flexibility index (Phi) is 5.39. The fourth-order valence-corrected chi connectivity index (χ4v) is 1.16. The van der Waals surface area contributed by atoms with Crippen molar-refractivity contribution < 1.29 is 0 Å². The van der Waals surface area contributed by atoms with Crippen LogP contribution in [0.5, 0.6) is 0 Å². The van der Waals surface area contributed by atoms with Crippen LogP contribution in [0.15, 0.2) is 23.3 Å². The molecule has 0 aromatic carbocycles. The molecule has 0 bridgehead atoms. The molecule has 0 saturated carbocycles. The predicted octanol–water partition coefficient (Wildman–Crippen LogP) is 3.61. The zero-order valence-corrected chi connectivity index (χ0v) is 8.78. The van der Waals surface area contributed by atoms with Crippen molar-refractivity contribution in [2.45, 2.75) is 39.4 Å². The molecule has 0 nitrogen and oxygen atoms in total. The lowest BCUT2D eigenvalue weighted by molar-refractivity contribution is 1.03. The first-order chi connectivity index (χ1) is 5.13. The van der Waals surface area contributed by atoms with Crippen molar-refractivity contribution in [1.82, 2.24) is 0 Å². The highest BCUT2D eigenvalue weighted by atomic mass is 32.1. The molecule has 0 fully saturated rings. The Labute approximate surface area is 75.8 Å². The molecule has 1 atom stereocenters. The van der Waals surface area contributed by atoms with Gasteiger partial charge in [0, 0.05) is 5.25 Å². The van der Waals surface area contributed by atoms with Crippen LogP contribution in [0.3, 0.4) is 0 Å². The van der Waals surface area contributed by atoms with Crippen LogP contribution in [0.25, 0.3) is 0 Å². The molecular formula is C10H18S. The van der Waals surface area contributed by atoms with Crippen molar-refractivity contribution in [3.05, 3.63) is 23.3 Å². The Hall–Kier alpha value is -0.170. The molecule has 0 radical (unpaired) electrons. The van der Waals surface area contributed by atoms with Gasteiger partial charge in [0.1, 0.15) is 0 Å². The Morgan fingerprint density at radius 2 is 2.09 bits per heavy atom. The van der Waals surface area contributed by atoms with Crippen molar-refractivity contribution >= 4 is 12.6 Å². The van der Waals surface area contributed by atoms with E-state index < -0.39 is 0 Å². The van der Waals surface area contributed by atoms with Gasteiger partial charge in [-0.1, -0.05) is 24.6 Å². The molecule has 0 spiro atoms. The van der Waals surface area contributed by atoms with Crippen molar-refractivity contribution in [1.29, 1.82) is 0 Å². The van der Waals surface area contributed by atoms with Crippen molar-refractivity contribution in [3.63, 3.8) is 0 Å². The largest absolute Gasteiger partial charge is 0.172 e. The fraction of sp³-hybridized carbons (Fsp3) is 0.600. The lowest BCUT2D eigenvalue weighted by Crippen LogP contribution is -1.96. The summed E-state index contributed by atoms with van der Waals surface area (Å²) in [6, 6.07) is 0. The van der Waals surface area contributed by atoms with Gasteiger partial charge in [0.2, 0.25) is 0 Å². The highest BCUT2D eigenvalue weighted by Crippen LogP contribution is 2.16. The smallest absolute Gasteiger partial charge is 0.0201 e. The minimum atomic E-state index is 0.376. The molecule has 0 heterocycles. The van der Waals surface area contributed by atoms with Crippen molar-refractivity contribution in [2.24, 2.45) is 0 Å². The molecule has 64 valence electrons. The van der Waals surface area contributed by atoms with Crippen LogP contribution in [0.1, 0.15) is 34.1 Å². The highest BCUT2D eigenvalue weighted by molar-refractivity contribution is 7.81. The maximum Gasteiger partial charge on any atom is 0.0201 e. The van der Waals surface area contributed by atoms with E-state index in [4.69, 9.17) is 0 Å². The molecule has 0 aromatic rings. The lowest BCUT2D eigenvalue weighted by Gasteiger charge is -2.08. The van der Waals surface area contributed by atoms with Gasteiger partial charge in [-0.3, -0.25) is 0 Å². The molecule has 0 N–H and O–H groups in total. The van der Waals surface area contributed by atoms with Crippen LogP contribution in [0.2, 0.25) is 0 Å². The van der Waals surface area contributed by atoms with Crippen LogP contribution >= 0.6 is 12.6 Å². The summed E-state index contributed by atoms with van der Waals surface area (Å²) >= 11 is 4.39. The molecule has 0 aliphatic heterocycles. The maximum atomic E-state index is 4.39. The molecular weight excluding hydrogens is 152 g/mol. The summed E-state index contributed by atoms with van der Waals surface area (Å²) in [4.78, 5) is 0. The summed E-state index contributed by atoms with van der Waals surface area (Å²) < 4.78 is 0. The quantitative estimate of drug-likeness (QED) is 0.485. The third-order valence-electron chi connectivity index (χ3n) is 1.88. The average molecular weight is 170 g/mol. The van der Waals surface area contributed by atoms with Crippen LogP contribution in [0.4, 0.5) is 0 Å². The van der Waals surface area contributed by atoms with E-state index in [-0.39, 0.29) is 0 Å². The summed E-state index contributed by atoms with van der Waals surface area (Å²) in [7, 11) is 0. The third kappa shape index (κ3) is 3.66. The van der Waals surface area contributed by atoms with Crippen LogP contribution in [-0.4, -0.2) is 5.25 Å². The number of rotatable bonds is 3. The van der Waals surface area contributed by atoms with Crippen LogP contribution in [0, 0.1) is 0 Å². The van der Waals surface area contributed by atoms with Crippen molar-refractivity contribution in [3.8, 4) is 0 Å². The van der Waals surface area contributed by atoms with Gasteiger partial charge in [-0.25, -0.2) is 0 Å². The number of thiol groups is 1. The third-order valence-corrected chi connectivity index (χ3v) is 2.27. The fourth-order valence-electron chi connectivity index (χ4n) is 0.998. The summed E-state index contributed by atoms with van der Waals surface area (Å²) in [6.07, 6.45) is 5.35. The van der Waals surface area contributed by atoms with Crippen LogP contribution < -0.4 is 0 Å². The normalized spacial score (nSPS) is 16.8. The van der Waals surface area contributed by atoms with Gasteiger partial charge in [0.05, 0.1) is 0 Å². The van der Waals surface area contributed by atoms with Gasteiger partial charge in [-0.05, 0) is 32.8 Å². The average Bonchev–Trinajstić information content (AvgIpc) is 1.98. The topological polar surface area (TPSA) is 0 Å². The van der Waals surface area contributed by atoms with Gasteiger partial charge < -0.3 is 0 Å². The van der Waals surface area contributed by atoms with E-state index in [0.29, 0.717) is 5.25 Å². The van der Waals surface area contributed by atoms with Gasteiger partial charge in [0.25, 0.3) is 0 Å². The molecule has 0 rings (SSSR count).